The van der Waals surface area contributed by atoms with Crippen molar-refractivity contribution in [2.45, 2.75) is 45.1 Å². The first-order valence-electron chi connectivity index (χ1n) is 9.65. The van der Waals surface area contributed by atoms with Gasteiger partial charge in [-0.25, -0.2) is 0 Å². The molecule has 2 atom stereocenters. The van der Waals surface area contributed by atoms with E-state index < -0.39 is 0 Å². The summed E-state index contributed by atoms with van der Waals surface area (Å²) in [6.07, 6.45) is 12.9. The Kier molecular flexibility index (Phi) is 6.32. The van der Waals surface area contributed by atoms with Crippen LogP contribution in [0.15, 0.2) is 47.2 Å². The number of rotatable bonds is 8. The number of hydrogen-bond acceptors (Lipinski definition) is 4. The molecule has 144 valence electrons. The summed E-state index contributed by atoms with van der Waals surface area (Å²) in [5, 5.41) is 0. The van der Waals surface area contributed by atoms with Gasteiger partial charge >= 0.3 is 0 Å². The number of benzene rings is 1. The van der Waals surface area contributed by atoms with Gasteiger partial charge in [0.2, 0.25) is 5.91 Å². The molecule has 5 heteroatoms. The number of carbonyl (C=O) groups is 1. The van der Waals surface area contributed by atoms with Gasteiger partial charge in [-0.2, -0.15) is 0 Å². The number of aliphatic imine (C=N–C) groups is 1. The first-order valence-corrected chi connectivity index (χ1v) is 9.65. The molecule has 0 saturated carbocycles. The van der Waals surface area contributed by atoms with Gasteiger partial charge in [-0.1, -0.05) is 32.3 Å². The van der Waals surface area contributed by atoms with Gasteiger partial charge in [-0.3, -0.25) is 14.7 Å². The van der Waals surface area contributed by atoms with Crippen LogP contribution in [0.5, 0.6) is 5.75 Å². The lowest BCUT2D eigenvalue weighted by molar-refractivity contribution is -0.120. The molecule has 0 bridgehead atoms. The number of nitrogens with zero attached hydrogens (tertiary/aromatic N) is 2. The molecule has 0 saturated heterocycles. The van der Waals surface area contributed by atoms with Crippen molar-refractivity contribution in [3.63, 3.8) is 0 Å². The number of fused-ring (bicyclic) bond motifs is 1. The van der Waals surface area contributed by atoms with Crippen LogP contribution in [0.25, 0.3) is 0 Å². The van der Waals surface area contributed by atoms with E-state index in [4.69, 9.17) is 9.47 Å². The Morgan fingerprint density at radius 1 is 1.15 bits per heavy atom. The van der Waals surface area contributed by atoms with E-state index in [1.54, 1.807) is 25.5 Å². The summed E-state index contributed by atoms with van der Waals surface area (Å²) in [5.41, 5.74) is 2.01. The first kappa shape index (κ1) is 19.2. The lowest BCUT2D eigenvalue weighted by Gasteiger charge is -2.32. The predicted octanol–water partition coefficient (Wildman–Crippen LogP) is 4.28. The van der Waals surface area contributed by atoms with Crippen molar-refractivity contribution in [1.82, 2.24) is 0 Å². The summed E-state index contributed by atoms with van der Waals surface area (Å²) in [7, 11) is 3.28. The minimum absolute atomic E-state index is 0.0221. The first-order chi connectivity index (χ1) is 13.2. The van der Waals surface area contributed by atoms with Crippen molar-refractivity contribution < 1.29 is 14.3 Å². The van der Waals surface area contributed by atoms with Gasteiger partial charge in [0, 0.05) is 0 Å². The van der Waals surface area contributed by atoms with E-state index in [-0.39, 0.29) is 17.9 Å². The van der Waals surface area contributed by atoms with Crippen LogP contribution < -0.4 is 9.64 Å². The van der Waals surface area contributed by atoms with Crippen LogP contribution in [0.3, 0.4) is 0 Å². The van der Waals surface area contributed by atoms with E-state index in [0.717, 1.165) is 29.8 Å². The summed E-state index contributed by atoms with van der Waals surface area (Å²) in [4.78, 5) is 19.4. The highest BCUT2D eigenvalue weighted by atomic mass is 16.5. The summed E-state index contributed by atoms with van der Waals surface area (Å²) in [6.45, 7) is 2.21. The van der Waals surface area contributed by atoms with Gasteiger partial charge in [0.1, 0.15) is 11.5 Å². The van der Waals surface area contributed by atoms with E-state index in [1.807, 2.05) is 36.4 Å². The van der Waals surface area contributed by atoms with Crippen LogP contribution in [0.1, 0.15) is 38.2 Å². The molecule has 2 unspecified atom stereocenters. The normalized spacial score (nSPS) is 21.1. The number of aryl methyl sites for hydroxylation is 1. The lowest BCUT2D eigenvalue weighted by Crippen LogP contribution is -2.44. The van der Waals surface area contributed by atoms with E-state index in [1.165, 1.54) is 19.3 Å². The number of methoxy groups -OCH3 is 2. The van der Waals surface area contributed by atoms with Gasteiger partial charge in [0.25, 0.3) is 0 Å². The predicted molar refractivity (Wildman–Crippen MR) is 108 cm³/mol. The maximum Gasteiger partial charge on any atom is 0.241 e. The second kappa shape index (κ2) is 8.89. The zero-order valence-electron chi connectivity index (χ0n) is 16.4. The number of amides is 1. The molecule has 0 spiro atoms. The number of ether oxygens (including phenoxy) is 2. The maximum atomic E-state index is 13.2. The minimum atomic E-state index is -0.329. The van der Waals surface area contributed by atoms with Gasteiger partial charge in [-0.05, 0) is 48.8 Å². The Hall–Kier alpha value is -2.56. The van der Waals surface area contributed by atoms with Gasteiger partial charge in [0.05, 0.1) is 38.2 Å². The Morgan fingerprint density at radius 2 is 2.00 bits per heavy atom. The van der Waals surface area contributed by atoms with Crippen LogP contribution >= 0.6 is 0 Å². The van der Waals surface area contributed by atoms with Crippen LogP contribution in [0.2, 0.25) is 0 Å². The third kappa shape index (κ3) is 4.24. The van der Waals surface area contributed by atoms with Gasteiger partial charge in [-0.15, -0.1) is 0 Å². The molecular formula is C22H28N2O3. The summed E-state index contributed by atoms with van der Waals surface area (Å²) in [5.74, 6) is 1.21. The number of hydrogen-bond donors (Lipinski definition) is 0. The molecule has 1 amide bonds. The smallest absolute Gasteiger partial charge is 0.241 e. The maximum absolute atomic E-state index is 13.2. The van der Waals surface area contributed by atoms with E-state index >= 15 is 0 Å². The second-order valence-corrected chi connectivity index (χ2v) is 6.93. The van der Waals surface area contributed by atoms with E-state index in [0.29, 0.717) is 5.76 Å². The molecule has 2 aliphatic rings. The van der Waals surface area contributed by atoms with Crippen molar-refractivity contribution in [2.75, 3.05) is 19.1 Å². The fourth-order valence-corrected chi connectivity index (χ4v) is 3.55. The molecule has 1 aliphatic heterocycles. The highest BCUT2D eigenvalue weighted by molar-refractivity contribution is 6.12. The molecule has 1 aromatic rings. The zero-order chi connectivity index (χ0) is 19.2. The summed E-state index contributed by atoms with van der Waals surface area (Å²) in [6, 6.07) is 5.73. The molecule has 0 radical (unpaired) electrons. The topological polar surface area (TPSA) is 51.1 Å². The van der Waals surface area contributed by atoms with Gasteiger partial charge in [0.15, 0.2) is 0 Å². The van der Waals surface area contributed by atoms with Crippen molar-refractivity contribution in [1.29, 1.82) is 0 Å². The zero-order valence-corrected chi connectivity index (χ0v) is 16.4. The highest BCUT2D eigenvalue weighted by Crippen LogP contribution is 2.32. The van der Waals surface area contributed by atoms with Crippen molar-refractivity contribution in [3.8, 4) is 5.75 Å². The molecule has 1 aromatic carbocycles. The van der Waals surface area contributed by atoms with E-state index in [2.05, 4.69) is 11.9 Å². The van der Waals surface area contributed by atoms with Crippen molar-refractivity contribution in [2.24, 2.45) is 10.9 Å². The molecular weight excluding hydrogens is 340 g/mol. The molecule has 1 aliphatic carbocycles. The molecule has 1 heterocycles. The molecule has 27 heavy (non-hydrogen) atoms. The number of unbranched alkanes of at least 4 members (excludes halogenated alkanes) is 3. The van der Waals surface area contributed by atoms with Crippen molar-refractivity contribution >= 4 is 17.9 Å². The monoisotopic (exact) mass is 368 g/mol. The minimum Gasteiger partial charge on any atom is -0.497 e. The van der Waals surface area contributed by atoms with Crippen LogP contribution in [-0.2, 0) is 16.0 Å². The Bertz CT molecular complexity index is 767. The average molecular weight is 368 g/mol. The fourth-order valence-electron chi connectivity index (χ4n) is 3.55. The molecule has 3 rings (SSSR count). The third-order valence-electron chi connectivity index (χ3n) is 5.13. The van der Waals surface area contributed by atoms with Crippen LogP contribution in [0.4, 0.5) is 5.69 Å². The second-order valence-electron chi connectivity index (χ2n) is 6.93. The SMILES string of the molecule is CCCCCCc1cc(OC)ccc1N1C=NC2C=CC(OC)=CC2C1=O. The fraction of sp³-hybridized carbons (Fsp3) is 0.455. The number of allylic oxidation sites excluding steroid dienone is 1. The highest BCUT2D eigenvalue weighted by Gasteiger charge is 2.35. The lowest BCUT2D eigenvalue weighted by atomic mass is 9.91. The number of carbonyl (C=O) groups excluding carboxylic acids is 1. The Balaban J connectivity index is 1.87. The summed E-state index contributed by atoms with van der Waals surface area (Å²) < 4.78 is 10.7. The molecule has 0 N–H and O–H groups in total. The third-order valence-corrected chi connectivity index (χ3v) is 5.13. The largest absolute Gasteiger partial charge is 0.497 e. The number of anilines is 1. The van der Waals surface area contributed by atoms with Gasteiger partial charge < -0.3 is 9.47 Å². The molecule has 5 nitrogen and oxygen atoms in total. The molecule has 0 aromatic heterocycles. The van der Waals surface area contributed by atoms with Crippen LogP contribution in [-0.4, -0.2) is 32.5 Å². The van der Waals surface area contributed by atoms with Crippen LogP contribution in [0, 0.1) is 5.92 Å². The van der Waals surface area contributed by atoms with E-state index in [9.17, 15) is 4.79 Å². The summed E-state index contributed by atoms with van der Waals surface area (Å²) >= 11 is 0. The molecule has 0 fully saturated rings. The van der Waals surface area contributed by atoms with Crippen molar-refractivity contribution in [3.05, 3.63) is 47.7 Å². The standard InChI is InChI=1S/C22H28N2O3/c1-4-5-6-7-8-16-13-17(26-2)10-12-21(16)24-15-23-20-11-9-18(27-3)14-19(20)22(24)25/h9-15,19-20H,4-8H2,1-3H3. The average Bonchev–Trinajstić information content (AvgIpc) is 2.71. The Labute approximate surface area is 161 Å². The Morgan fingerprint density at radius 3 is 2.74 bits per heavy atom. The quantitative estimate of drug-likeness (QED) is 0.644.